The number of benzene rings is 1. The fourth-order valence-corrected chi connectivity index (χ4v) is 2.07. The number of carboxylic acid groups (broad SMARTS) is 1. The van der Waals surface area contributed by atoms with Gasteiger partial charge >= 0.3 is 12.0 Å². The zero-order valence-electron chi connectivity index (χ0n) is 10.9. The highest BCUT2D eigenvalue weighted by Crippen LogP contribution is 2.11. The van der Waals surface area contributed by atoms with Gasteiger partial charge in [0.2, 0.25) is 0 Å². The van der Waals surface area contributed by atoms with Crippen LogP contribution in [0.1, 0.15) is 10.6 Å². The predicted molar refractivity (Wildman–Crippen MR) is 81.1 cm³/mol. The number of nitrogens with zero attached hydrogens (tertiary/aromatic N) is 1. The Hall–Kier alpha value is -2.67. The van der Waals surface area contributed by atoms with Gasteiger partial charge < -0.3 is 15.7 Å². The number of rotatable bonds is 5. The molecule has 0 fully saturated rings. The van der Waals surface area contributed by atoms with E-state index in [0.29, 0.717) is 12.2 Å². The van der Waals surface area contributed by atoms with Gasteiger partial charge in [0, 0.05) is 23.3 Å². The highest BCUT2D eigenvalue weighted by atomic mass is 32.1. The number of aliphatic carboxylic acids is 1. The number of amides is 2. The van der Waals surface area contributed by atoms with Crippen LogP contribution in [0.25, 0.3) is 6.08 Å². The molecule has 0 aliphatic rings. The summed E-state index contributed by atoms with van der Waals surface area (Å²) in [4.78, 5) is 26.1. The minimum absolute atomic E-state index is 0.320. The Labute approximate surface area is 125 Å². The SMILES string of the molecule is O=C(O)C=Cc1ccc(NC(=O)NCc2nccs2)cc1. The first-order valence-electron chi connectivity index (χ1n) is 6.08. The van der Waals surface area contributed by atoms with E-state index in [0.717, 1.165) is 16.6 Å². The molecule has 6 nitrogen and oxygen atoms in total. The number of thiazole rings is 1. The van der Waals surface area contributed by atoms with Crippen LogP contribution in [-0.2, 0) is 11.3 Å². The van der Waals surface area contributed by atoms with Gasteiger partial charge in [0.25, 0.3) is 0 Å². The average molecular weight is 303 g/mol. The number of aromatic nitrogens is 1. The Kier molecular flexibility index (Phi) is 5.05. The van der Waals surface area contributed by atoms with Crippen LogP contribution in [0.5, 0.6) is 0 Å². The van der Waals surface area contributed by atoms with E-state index in [1.807, 2.05) is 5.38 Å². The van der Waals surface area contributed by atoms with Crippen molar-refractivity contribution >= 4 is 35.1 Å². The Morgan fingerprint density at radius 3 is 2.67 bits per heavy atom. The van der Waals surface area contributed by atoms with Crippen LogP contribution in [0.2, 0.25) is 0 Å². The van der Waals surface area contributed by atoms with Crippen molar-refractivity contribution in [2.24, 2.45) is 0 Å². The van der Waals surface area contributed by atoms with Crippen LogP contribution in [0.3, 0.4) is 0 Å². The van der Waals surface area contributed by atoms with Crippen molar-refractivity contribution in [1.82, 2.24) is 10.3 Å². The Morgan fingerprint density at radius 2 is 2.05 bits per heavy atom. The lowest BCUT2D eigenvalue weighted by Crippen LogP contribution is -2.28. The van der Waals surface area contributed by atoms with Gasteiger partial charge in [-0.15, -0.1) is 11.3 Å². The summed E-state index contributed by atoms with van der Waals surface area (Å²) in [5.74, 6) is -1.00. The van der Waals surface area contributed by atoms with Gasteiger partial charge in [-0.25, -0.2) is 14.6 Å². The molecule has 0 bridgehead atoms. The van der Waals surface area contributed by atoms with Gasteiger partial charge in [0.05, 0.1) is 6.54 Å². The first-order chi connectivity index (χ1) is 10.1. The van der Waals surface area contributed by atoms with Gasteiger partial charge in [-0.2, -0.15) is 0 Å². The van der Waals surface area contributed by atoms with E-state index < -0.39 is 5.97 Å². The fourth-order valence-electron chi connectivity index (χ4n) is 1.52. The number of anilines is 1. The average Bonchev–Trinajstić information content (AvgIpc) is 2.98. The molecule has 0 unspecified atom stereocenters. The summed E-state index contributed by atoms with van der Waals surface area (Å²) >= 11 is 1.47. The highest BCUT2D eigenvalue weighted by Gasteiger charge is 2.02. The topological polar surface area (TPSA) is 91.3 Å². The predicted octanol–water partition coefficient (Wildman–Crippen LogP) is 2.56. The monoisotopic (exact) mass is 303 g/mol. The second-order valence-electron chi connectivity index (χ2n) is 4.03. The number of nitrogens with one attached hydrogen (secondary N) is 2. The lowest BCUT2D eigenvalue weighted by Gasteiger charge is -2.06. The summed E-state index contributed by atoms with van der Waals surface area (Å²) in [6.45, 7) is 0.378. The smallest absolute Gasteiger partial charge is 0.328 e. The normalized spacial score (nSPS) is 10.5. The molecule has 0 saturated carbocycles. The van der Waals surface area contributed by atoms with Crippen LogP contribution < -0.4 is 10.6 Å². The van der Waals surface area contributed by atoms with Crippen LogP contribution in [0.4, 0.5) is 10.5 Å². The maximum Gasteiger partial charge on any atom is 0.328 e. The van der Waals surface area contributed by atoms with E-state index >= 15 is 0 Å². The molecule has 0 radical (unpaired) electrons. The van der Waals surface area contributed by atoms with Crippen molar-refractivity contribution in [3.8, 4) is 0 Å². The lowest BCUT2D eigenvalue weighted by atomic mass is 10.2. The number of hydrogen-bond donors (Lipinski definition) is 3. The van der Waals surface area contributed by atoms with Crippen molar-refractivity contribution in [3.63, 3.8) is 0 Å². The maximum absolute atomic E-state index is 11.7. The van der Waals surface area contributed by atoms with E-state index in [2.05, 4.69) is 15.6 Å². The molecule has 1 aromatic carbocycles. The Morgan fingerprint density at radius 1 is 1.29 bits per heavy atom. The van der Waals surface area contributed by atoms with E-state index in [-0.39, 0.29) is 6.03 Å². The third kappa shape index (κ3) is 5.07. The molecule has 2 aromatic rings. The largest absolute Gasteiger partial charge is 0.478 e. The fraction of sp³-hybridized carbons (Fsp3) is 0.0714. The minimum Gasteiger partial charge on any atom is -0.478 e. The minimum atomic E-state index is -1.00. The maximum atomic E-state index is 11.7. The third-order valence-electron chi connectivity index (χ3n) is 2.47. The van der Waals surface area contributed by atoms with Crippen LogP contribution in [0, 0.1) is 0 Å². The van der Waals surface area contributed by atoms with Crippen molar-refractivity contribution in [2.75, 3.05) is 5.32 Å². The summed E-state index contributed by atoms with van der Waals surface area (Å²) in [7, 11) is 0. The van der Waals surface area contributed by atoms with Gasteiger partial charge in [-0.1, -0.05) is 12.1 Å². The lowest BCUT2D eigenvalue weighted by molar-refractivity contribution is -0.131. The number of urea groups is 1. The van der Waals surface area contributed by atoms with Crippen LogP contribution >= 0.6 is 11.3 Å². The molecule has 2 amide bonds. The summed E-state index contributed by atoms with van der Waals surface area (Å²) in [5.41, 5.74) is 1.37. The molecule has 0 atom stereocenters. The number of hydrogen-bond acceptors (Lipinski definition) is 4. The summed E-state index contributed by atoms with van der Waals surface area (Å²) < 4.78 is 0. The zero-order chi connectivity index (χ0) is 15.1. The summed E-state index contributed by atoms with van der Waals surface area (Å²) in [6, 6.07) is 6.51. The van der Waals surface area contributed by atoms with Gasteiger partial charge in [-0.05, 0) is 23.8 Å². The number of carboxylic acids is 1. The molecular weight excluding hydrogens is 290 g/mol. The van der Waals surface area contributed by atoms with Gasteiger partial charge in [0.15, 0.2) is 0 Å². The third-order valence-corrected chi connectivity index (χ3v) is 3.25. The highest BCUT2D eigenvalue weighted by molar-refractivity contribution is 7.09. The van der Waals surface area contributed by atoms with E-state index in [9.17, 15) is 9.59 Å². The van der Waals surface area contributed by atoms with Crippen molar-refractivity contribution < 1.29 is 14.7 Å². The molecular formula is C14H13N3O3S. The van der Waals surface area contributed by atoms with Crippen molar-refractivity contribution in [2.45, 2.75) is 6.54 Å². The van der Waals surface area contributed by atoms with E-state index in [1.165, 1.54) is 17.4 Å². The second-order valence-corrected chi connectivity index (χ2v) is 5.01. The molecule has 108 valence electrons. The Balaban J connectivity index is 1.85. The molecule has 0 aliphatic carbocycles. The second kappa shape index (κ2) is 7.20. The molecule has 1 aromatic heterocycles. The molecule has 3 N–H and O–H groups in total. The number of carbonyl (C=O) groups is 2. The molecule has 21 heavy (non-hydrogen) atoms. The summed E-state index contributed by atoms with van der Waals surface area (Å²) in [5, 5.41) is 16.6. The standard InChI is InChI=1S/C14H13N3O3S/c18-13(19)6-3-10-1-4-11(5-2-10)17-14(20)16-9-12-15-7-8-21-12/h1-8H,9H2,(H,18,19)(H2,16,17,20). The van der Waals surface area contributed by atoms with Crippen molar-refractivity contribution in [3.05, 3.63) is 52.5 Å². The van der Waals surface area contributed by atoms with Crippen LogP contribution in [-0.4, -0.2) is 22.1 Å². The molecule has 0 aliphatic heterocycles. The summed E-state index contributed by atoms with van der Waals surface area (Å²) in [6.07, 6.45) is 4.22. The Bertz CT molecular complexity index is 636. The quantitative estimate of drug-likeness (QED) is 0.740. The van der Waals surface area contributed by atoms with Gasteiger partial charge in [-0.3, -0.25) is 0 Å². The molecule has 0 saturated heterocycles. The zero-order valence-corrected chi connectivity index (χ0v) is 11.8. The molecule has 1 heterocycles. The van der Waals surface area contributed by atoms with E-state index in [1.54, 1.807) is 30.5 Å². The first-order valence-corrected chi connectivity index (χ1v) is 6.96. The molecule has 7 heteroatoms. The first kappa shape index (κ1) is 14.7. The van der Waals surface area contributed by atoms with E-state index in [4.69, 9.17) is 5.11 Å². The van der Waals surface area contributed by atoms with Gasteiger partial charge in [0.1, 0.15) is 5.01 Å². The molecule has 2 rings (SSSR count). The molecule has 0 spiro atoms. The van der Waals surface area contributed by atoms with Crippen LogP contribution in [0.15, 0.2) is 41.9 Å². The number of carbonyl (C=O) groups excluding carboxylic acids is 1. The van der Waals surface area contributed by atoms with Crippen molar-refractivity contribution in [1.29, 1.82) is 0 Å².